The molecule has 0 aliphatic heterocycles. The van der Waals surface area contributed by atoms with E-state index in [0.717, 1.165) is 12.8 Å². The van der Waals surface area contributed by atoms with E-state index in [9.17, 15) is 0 Å². The van der Waals surface area contributed by atoms with Gasteiger partial charge >= 0.3 is 0 Å². The summed E-state index contributed by atoms with van der Waals surface area (Å²) in [5, 5.41) is 0. The Morgan fingerprint density at radius 2 is 1.26 bits per heavy atom. The smallest absolute Gasteiger partial charge is 0.164 e. The summed E-state index contributed by atoms with van der Waals surface area (Å²) in [4.78, 5) is 18.1. The minimum atomic E-state index is -1.77. The first-order valence-electron chi connectivity index (χ1n) is 6.52. The molecule has 2 N–H and O–H groups in total. The quantitative estimate of drug-likeness (QED) is 0.784. The van der Waals surface area contributed by atoms with Crippen molar-refractivity contribution in [1.82, 2.24) is 0 Å². The van der Waals surface area contributed by atoms with Crippen LogP contribution in [0.4, 0.5) is 0 Å². The predicted molar refractivity (Wildman–Crippen MR) is 80.2 cm³/mol. The van der Waals surface area contributed by atoms with Crippen LogP contribution in [0.5, 0.6) is 0 Å². The van der Waals surface area contributed by atoms with Crippen LogP contribution in [0.1, 0.15) is 29.9 Å². The normalized spacial score (nSPS) is 11.2. The molecule has 0 atom stereocenters. The van der Waals surface area contributed by atoms with Crippen molar-refractivity contribution in [1.29, 1.82) is 0 Å². The fourth-order valence-electron chi connectivity index (χ4n) is 2.33. The van der Waals surface area contributed by atoms with E-state index in [1.54, 1.807) is 0 Å². The SMILES string of the molecule is OP(O)CCCC(c1ccccc1)c1ccccc1. The monoisotopic (exact) mass is 274 g/mol. The Hall–Kier alpha value is -1.21. The molecule has 0 heterocycles. The van der Waals surface area contributed by atoms with E-state index in [1.807, 2.05) is 12.1 Å². The van der Waals surface area contributed by atoms with Crippen molar-refractivity contribution in [3.8, 4) is 0 Å². The summed E-state index contributed by atoms with van der Waals surface area (Å²) in [5.74, 6) is 0.331. The summed E-state index contributed by atoms with van der Waals surface area (Å²) >= 11 is 0. The molecule has 100 valence electrons. The zero-order chi connectivity index (χ0) is 13.5. The number of rotatable bonds is 6. The molecule has 0 fully saturated rings. The summed E-state index contributed by atoms with van der Waals surface area (Å²) in [5.41, 5.74) is 2.57. The number of benzene rings is 2. The van der Waals surface area contributed by atoms with Crippen LogP contribution in [0.3, 0.4) is 0 Å². The summed E-state index contributed by atoms with van der Waals surface area (Å²) in [6.45, 7) is 0. The second-order valence-electron chi connectivity index (χ2n) is 4.61. The van der Waals surface area contributed by atoms with Crippen LogP contribution < -0.4 is 0 Å². The lowest BCUT2D eigenvalue weighted by Crippen LogP contribution is -2.02. The van der Waals surface area contributed by atoms with Gasteiger partial charge in [0, 0.05) is 12.1 Å². The molecule has 0 aliphatic carbocycles. The van der Waals surface area contributed by atoms with Crippen molar-refractivity contribution >= 4 is 8.38 Å². The Balaban J connectivity index is 2.14. The molecule has 0 unspecified atom stereocenters. The Labute approximate surface area is 115 Å². The standard InChI is InChI=1S/C16H19O2P/c17-19(18)13-7-12-16(14-8-3-1-4-9-14)15-10-5-2-6-11-15/h1-6,8-11,16-18H,7,12-13H2. The average molecular weight is 274 g/mol. The van der Waals surface area contributed by atoms with Gasteiger partial charge in [0.1, 0.15) is 0 Å². The fraction of sp³-hybridized carbons (Fsp3) is 0.250. The molecule has 2 nitrogen and oxygen atoms in total. The third-order valence-electron chi connectivity index (χ3n) is 3.25. The molecule has 2 aromatic rings. The van der Waals surface area contributed by atoms with E-state index in [1.165, 1.54) is 11.1 Å². The molecular weight excluding hydrogens is 255 g/mol. The van der Waals surface area contributed by atoms with E-state index >= 15 is 0 Å². The molecule has 0 aliphatic rings. The molecule has 0 bridgehead atoms. The second kappa shape index (κ2) is 7.40. The molecule has 2 rings (SSSR count). The summed E-state index contributed by atoms with van der Waals surface area (Å²) in [6, 6.07) is 20.8. The Morgan fingerprint density at radius 3 is 1.68 bits per heavy atom. The van der Waals surface area contributed by atoms with E-state index < -0.39 is 8.38 Å². The molecule has 3 heteroatoms. The molecule has 0 spiro atoms. The second-order valence-corrected chi connectivity index (χ2v) is 5.80. The first-order chi connectivity index (χ1) is 9.27. The van der Waals surface area contributed by atoms with Gasteiger partial charge in [-0.05, 0) is 24.0 Å². The third-order valence-corrected chi connectivity index (χ3v) is 3.97. The number of hydrogen-bond acceptors (Lipinski definition) is 2. The van der Waals surface area contributed by atoms with Gasteiger partial charge in [0.05, 0.1) is 0 Å². The van der Waals surface area contributed by atoms with Gasteiger partial charge in [-0.3, -0.25) is 0 Å². The zero-order valence-corrected chi connectivity index (χ0v) is 11.7. The minimum absolute atomic E-state index is 0.331. The van der Waals surface area contributed by atoms with Gasteiger partial charge in [-0.15, -0.1) is 0 Å². The Kier molecular flexibility index (Phi) is 5.53. The fourth-order valence-corrected chi connectivity index (χ4v) is 2.80. The van der Waals surface area contributed by atoms with Crippen molar-refractivity contribution in [2.75, 3.05) is 6.16 Å². The van der Waals surface area contributed by atoms with Crippen molar-refractivity contribution in [2.45, 2.75) is 18.8 Å². The van der Waals surface area contributed by atoms with Crippen molar-refractivity contribution in [3.05, 3.63) is 71.8 Å². The topological polar surface area (TPSA) is 40.5 Å². The van der Waals surface area contributed by atoms with Gasteiger partial charge in [0.15, 0.2) is 8.38 Å². The highest BCUT2D eigenvalue weighted by molar-refractivity contribution is 7.45. The molecule has 0 saturated heterocycles. The molecular formula is C16H19O2P. The van der Waals surface area contributed by atoms with E-state index in [-0.39, 0.29) is 0 Å². The zero-order valence-electron chi connectivity index (χ0n) is 10.8. The average Bonchev–Trinajstić information content (AvgIpc) is 2.45. The Morgan fingerprint density at radius 1 is 0.789 bits per heavy atom. The molecule has 2 aromatic carbocycles. The van der Waals surface area contributed by atoms with E-state index in [2.05, 4.69) is 48.5 Å². The highest BCUT2D eigenvalue weighted by Crippen LogP contribution is 2.32. The molecule has 0 radical (unpaired) electrons. The summed E-state index contributed by atoms with van der Waals surface area (Å²) in [7, 11) is -1.77. The first kappa shape index (κ1) is 14.2. The van der Waals surface area contributed by atoms with Crippen LogP contribution in [0.2, 0.25) is 0 Å². The van der Waals surface area contributed by atoms with Crippen LogP contribution in [0.15, 0.2) is 60.7 Å². The molecule has 19 heavy (non-hydrogen) atoms. The minimum Gasteiger partial charge on any atom is -0.350 e. The molecule has 0 amide bonds. The van der Waals surface area contributed by atoms with Gasteiger partial charge in [-0.1, -0.05) is 60.7 Å². The molecule has 0 aromatic heterocycles. The van der Waals surface area contributed by atoms with Crippen LogP contribution in [0, 0.1) is 0 Å². The van der Waals surface area contributed by atoms with Crippen molar-refractivity contribution < 1.29 is 9.79 Å². The first-order valence-corrected chi connectivity index (χ1v) is 7.96. The molecule has 0 saturated carbocycles. The lowest BCUT2D eigenvalue weighted by Gasteiger charge is -2.18. The van der Waals surface area contributed by atoms with Crippen molar-refractivity contribution in [3.63, 3.8) is 0 Å². The maximum Gasteiger partial charge on any atom is 0.164 e. The van der Waals surface area contributed by atoms with Gasteiger partial charge < -0.3 is 9.79 Å². The maximum atomic E-state index is 9.03. The third kappa shape index (κ3) is 4.43. The van der Waals surface area contributed by atoms with Crippen molar-refractivity contribution in [2.24, 2.45) is 0 Å². The van der Waals surface area contributed by atoms with E-state index in [0.29, 0.717) is 12.1 Å². The number of hydrogen-bond donors (Lipinski definition) is 2. The van der Waals surface area contributed by atoms with Gasteiger partial charge in [-0.25, -0.2) is 0 Å². The summed E-state index contributed by atoms with van der Waals surface area (Å²) < 4.78 is 0. The van der Waals surface area contributed by atoms with Crippen LogP contribution in [0.25, 0.3) is 0 Å². The van der Waals surface area contributed by atoms with Gasteiger partial charge in [0.25, 0.3) is 0 Å². The summed E-state index contributed by atoms with van der Waals surface area (Å²) in [6.07, 6.45) is 2.26. The lowest BCUT2D eigenvalue weighted by atomic mass is 9.88. The van der Waals surface area contributed by atoms with E-state index in [4.69, 9.17) is 9.79 Å². The highest BCUT2D eigenvalue weighted by Gasteiger charge is 2.14. The van der Waals surface area contributed by atoms with Crippen LogP contribution >= 0.6 is 8.38 Å². The Bertz CT molecular complexity index is 431. The lowest BCUT2D eigenvalue weighted by molar-refractivity contribution is 0.478. The predicted octanol–water partition coefficient (Wildman–Crippen LogP) is 3.90. The maximum absolute atomic E-state index is 9.03. The van der Waals surface area contributed by atoms with Gasteiger partial charge in [0.2, 0.25) is 0 Å². The van der Waals surface area contributed by atoms with Gasteiger partial charge in [-0.2, -0.15) is 0 Å². The largest absolute Gasteiger partial charge is 0.350 e. The van der Waals surface area contributed by atoms with Crippen LogP contribution in [-0.4, -0.2) is 15.9 Å². The van der Waals surface area contributed by atoms with Crippen LogP contribution in [-0.2, 0) is 0 Å². The highest BCUT2D eigenvalue weighted by atomic mass is 31.2.